The Morgan fingerprint density at radius 2 is 2.08 bits per heavy atom. The summed E-state index contributed by atoms with van der Waals surface area (Å²) in [7, 11) is 0. The van der Waals surface area contributed by atoms with Gasteiger partial charge >= 0.3 is 0 Å². The summed E-state index contributed by atoms with van der Waals surface area (Å²) in [6, 6.07) is 3.18. The van der Waals surface area contributed by atoms with Gasteiger partial charge in [-0.05, 0) is 30.5 Å². The van der Waals surface area contributed by atoms with Gasteiger partial charge < -0.3 is 5.11 Å². The van der Waals surface area contributed by atoms with Gasteiger partial charge in [-0.1, -0.05) is 11.6 Å². The molecule has 0 amide bonds. The van der Waals surface area contributed by atoms with E-state index in [0.717, 1.165) is 18.4 Å². The van der Waals surface area contributed by atoms with Crippen molar-refractivity contribution in [3.8, 4) is 5.75 Å². The molecule has 0 fully saturated rings. The third kappa shape index (κ3) is 1.42. The summed E-state index contributed by atoms with van der Waals surface area (Å²) >= 11 is 5.76. The fraction of sp³-hybridized carbons (Fsp3) is 0.300. The van der Waals surface area contributed by atoms with Crippen LogP contribution in [0.1, 0.15) is 28.8 Å². The summed E-state index contributed by atoms with van der Waals surface area (Å²) in [5.41, 5.74) is 1.34. The SMILES string of the molecule is O=C1CCCc2cc(Cl)cc(O)c21. The second-order valence-corrected chi connectivity index (χ2v) is 3.67. The van der Waals surface area contributed by atoms with E-state index in [1.54, 1.807) is 6.07 Å². The Balaban J connectivity index is 2.63. The standard InChI is InChI=1S/C10H9ClO2/c11-7-4-6-2-1-3-8(12)10(6)9(13)5-7/h4-5,13H,1-3H2. The first kappa shape index (κ1) is 8.57. The highest BCUT2D eigenvalue weighted by molar-refractivity contribution is 6.31. The smallest absolute Gasteiger partial charge is 0.166 e. The van der Waals surface area contributed by atoms with Crippen LogP contribution in [0.25, 0.3) is 0 Å². The summed E-state index contributed by atoms with van der Waals surface area (Å²) in [4.78, 5) is 11.4. The average molecular weight is 197 g/mol. The Kier molecular flexibility index (Phi) is 2.00. The third-order valence-electron chi connectivity index (χ3n) is 2.29. The molecule has 0 saturated heterocycles. The molecule has 13 heavy (non-hydrogen) atoms. The lowest BCUT2D eigenvalue weighted by atomic mass is 9.90. The van der Waals surface area contributed by atoms with Crippen molar-refractivity contribution in [2.75, 3.05) is 0 Å². The first-order valence-corrected chi connectivity index (χ1v) is 4.61. The highest BCUT2D eigenvalue weighted by atomic mass is 35.5. The molecule has 2 rings (SSSR count). The fourth-order valence-corrected chi connectivity index (χ4v) is 1.97. The van der Waals surface area contributed by atoms with Crippen LogP contribution in [-0.4, -0.2) is 10.9 Å². The zero-order chi connectivity index (χ0) is 9.42. The molecule has 0 spiro atoms. The molecule has 1 N–H and O–H groups in total. The van der Waals surface area contributed by atoms with Crippen LogP contribution in [0.4, 0.5) is 0 Å². The molecule has 3 heteroatoms. The van der Waals surface area contributed by atoms with Gasteiger partial charge in [-0.2, -0.15) is 0 Å². The van der Waals surface area contributed by atoms with E-state index in [-0.39, 0.29) is 11.5 Å². The van der Waals surface area contributed by atoms with E-state index >= 15 is 0 Å². The highest BCUT2D eigenvalue weighted by Gasteiger charge is 2.21. The largest absolute Gasteiger partial charge is 0.507 e. The molecule has 0 saturated carbocycles. The number of benzene rings is 1. The van der Waals surface area contributed by atoms with Gasteiger partial charge in [0.2, 0.25) is 0 Å². The number of phenolic OH excluding ortho intramolecular Hbond substituents is 1. The highest BCUT2D eigenvalue weighted by Crippen LogP contribution is 2.31. The van der Waals surface area contributed by atoms with Gasteiger partial charge in [0.05, 0.1) is 5.56 Å². The minimum atomic E-state index is 0.0206. The molecular weight excluding hydrogens is 188 g/mol. The molecule has 0 radical (unpaired) electrons. The Morgan fingerprint density at radius 3 is 2.85 bits per heavy atom. The van der Waals surface area contributed by atoms with Crippen molar-refractivity contribution in [2.24, 2.45) is 0 Å². The summed E-state index contributed by atoms with van der Waals surface area (Å²) in [5.74, 6) is 0.0441. The number of hydrogen-bond acceptors (Lipinski definition) is 2. The predicted octanol–water partition coefficient (Wildman–Crippen LogP) is 2.56. The Hall–Kier alpha value is -1.02. The molecule has 0 aliphatic heterocycles. The maximum atomic E-state index is 11.4. The maximum absolute atomic E-state index is 11.4. The second kappa shape index (κ2) is 3.04. The van der Waals surface area contributed by atoms with E-state index in [1.165, 1.54) is 6.07 Å². The third-order valence-corrected chi connectivity index (χ3v) is 2.51. The van der Waals surface area contributed by atoms with Gasteiger partial charge in [-0.25, -0.2) is 0 Å². The lowest BCUT2D eigenvalue weighted by Gasteiger charge is -2.15. The molecule has 1 aromatic rings. The maximum Gasteiger partial charge on any atom is 0.166 e. The molecule has 1 aliphatic carbocycles. The number of aryl methyl sites for hydroxylation is 1. The van der Waals surface area contributed by atoms with Crippen molar-refractivity contribution in [2.45, 2.75) is 19.3 Å². The first-order valence-electron chi connectivity index (χ1n) is 4.23. The number of phenols is 1. The van der Waals surface area contributed by atoms with Gasteiger partial charge in [-0.15, -0.1) is 0 Å². The van der Waals surface area contributed by atoms with Crippen molar-refractivity contribution in [3.63, 3.8) is 0 Å². The zero-order valence-corrected chi connectivity index (χ0v) is 7.77. The fourth-order valence-electron chi connectivity index (χ4n) is 1.73. The minimum absolute atomic E-state index is 0.0206. The van der Waals surface area contributed by atoms with E-state index in [4.69, 9.17) is 11.6 Å². The Labute approximate surface area is 81.1 Å². The number of halogens is 1. The quantitative estimate of drug-likeness (QED) is 0.693. The van der Waals surface area contributed by atoms with E-state index in [0.29, 0.717) is 17.0 Å². The Morgan fingerprint density at radius 1 is 1.31 bits per heavy atom. The normalized spacial score (nSPS) is 15.6. The molecule has 0 atom stereocenters. The number of carbonyl (C=O) groups excluding carboxylic acids is 1. The number of hydrogen-bond donors (Lipinski definition) is 1. The lowest BCUT2D eigenvalue weighted by molar-refractivity contribution is 0.0969. The molecule has 0 heterocycles. The van der Waals surface area contributed by atoms with Crippen molar-refractivity contribution in [1.29, 1.82) is 0 Å². The minimum Gasteiger partial charge on any atom is -0.507 e. The van der Waals surface area contributed by atoms with Gasteiger partial charge in [0.1, 0.15) is 5.75 Å². The molecule has 68 valence electrons. The molecule has 0 aromatic heterocycles. The van der Waals surface area contributed by atoms with E-state index in [9.17, 15) is 9.90 Å². The van der Waals surface area contributed by atoms with Gasteiger partial charge in [0.15, 0.2) is 5.78 Å². The zero-order valence-electron chi connectivity index (χ0n) is 7.01. The van der Waals surface area contributed by atoms with Crippen molar-refractivity contribution in [1.82, 2.24) is 0 Å². The number of carbonyl (C=O) groups is 1. The molecular formula is C10H9ClO2. The topological polar surface area (TPSA) is 37.3 Å². The molecule has 1 aliphatic rings. The van der Waals surface area contributed by atoms with Crippen LogP contribution in [0.3, 0.4) is 0 Å². The van der Waals surface area contributed by atoms with Gasteiger partial charge in [-0.3, -0.25) is 4.79 Å². The molecule has 0 bridgehead atoms. The van der Waals surface area contributed by atoms with Crippen molar-refractivity contribution >= 4 is 17.4 Å². The molecule has 0 unspecified atom stereocenters. The molecule has 2 nitrogen and oxygen atoms in total. The lowest BCUT2D eigenvalue weighted by Crippen LogP contribution is -2.10. The molecule has 1 aromatic carbocycles. The average Bonchev–Trinajstić information content (AvgIpc) is 2.02. The van der Waals surface area contributed by atoms with E-state index < -0.39 is 0 Å². The van der Waals surface area contributed by atoms with Crippen LogP contribution in [0.15, 0.2) is 12.1 Å². The summed E-state index contributed by atoms with van der Waals surface area (Å²) in [5, 5.41) is 9.99. The van der Waals surface area contributed by atoms with E-state index in [2.05, 4.69) is 0 Å². The van der Waals surface area contributed by atoms with Crippen LogP contribution in [-0.2, 0) is 6.42 Å². The van der Waals surface area contributed by atoms with Gasteiger partial charge in [0, 0.05) is 11.4 Å². The van der Waals surface area contributed by atoms with E-state index in [1.807, 2.05) is 0 Å². The van der Waals surface area contributed by atoms with Crippen LogP contribution in [0, 0.1) is 0 Å². The first-order chi connectivity index (χ1) is 6.18. The number of Topliss-reactive ketones (excluding diaryl/α,β-unsaturated/α-hetero) is 1. The predicted molar refractivity (Wildman–Crippen MR) is 50.4 cm³/mol. The number of ketones is 1. The monoisotopic (exact) mass is 196 g/mol. The number of fused-ring (bicyclic) bond motifs is 1. The van der Waals surface area contributed by atoms with Crippen molar-refractivity contribution < 1.29 is 9.90 Å². The number of aromatic hydroxyl groups is 1. The summed E-state index contributed by atoms with van der Waals surface area (Å²) < 4.78 is 0. The Bertz CT molecular complexity index is 371. The van der Waals surface area contributed by atoms with Crippen LogP contribution >= 0.6 is 11.6 Å². The summed E-state index contributed by atoms with van der Waals surface area (Å²) in [6.45, 7) is 0. The van der Waals surface area contributed by atoms with Crippen LogP contribution < -0.4 is 0 Å². The number of rotatable bonds is 0. The summed E-state index contributed by atoms with van der Waals surface area (Å²) in [6.07, 6.45) is 2.21. The van der Waals surface area contributed by atoms with Gasteiger partial charge in [0.25, 0.3) is 0 Å². The van der Waals surface area contributed by atoms with Crippen LogP contribution in [0.2, 0.25) is 5.02 Å². The van der Waals surface area contributed by atoms with Crippen LogP contribution in [0.5, 0.6) is 5.75 Å². The van der Waals surface area contributed by atoms with Crippen molar-refractivity contribution in [3.05, 3.63) is 28.3 Å². The second-order valence-electron chi connectivity index (χ2n) is 3.24.